The first-order chi connectivity index (χ1) is 16.2. The fraction of sp³-hybridized carbons (Fsp3) is 0.100. The molecule has 0 bridgehead atoms. The van der Waals surface area contributed by atoms with Gasteiger partial charge in [-0.2, -0.15) is 0 Å². The highest BCUT2D eigenvalue weighted by atomic mass is 32.1. The van der Waals surface area contributed by atoms with Crippen molar-refractivity contribution >= 4 is 17.3 Å². The second-order valence-corrected chi connectivity index (χ2v) is 8.79. The van der Waals surface area contributed by atoms with Gasteiger partial charge in [-0.15, -0.1) is 11.3 Å². The van der Waals surface area contributed by atoms with Crippen LogP contribution in [0.3, 0.4) is 0 Å². The smallest absolute Gasteiger partial charge is 0.343 e. The molecule has 0 atom stereocenters. The van der Waals surface area contributed by atoms with Crippen molar-refractivity contribution in [3.8, 4) is 5.75 Å². The molecule has 0 radical (unpaired) electrons. The van der Waals surface area contributed by atoms with Crippen molar-refractivity contribution in [2.24, 2.45) is 0 Å². The number of carbonyl (C=O) groups is 1. The minimum Gasteiger partial charge on any atom is -0.423 e. The lowest BCUT2D eigenvalue weighted by molar-refractivity contribution is 0.0733. The maximum Gasteiger partial charge on any atom is 0.343 e. The zero-order valence-corrected chi connectivity index (χ0v) is 19.4. The molecule has 0 saturated heterocycles. The number of hydrogen-bond acceptors (Lipinski definition) is 3. The zero-order chi connectivity index (χ0) is 22.9. The Kier molecular flexibility index (Phi) is 7.68. The Morgan fingerprint density at radius 1 is 0.727 bits per heavy atom. The van der Waals surface area contributed by atoms with E-state index in [0.29, 0.717) is 17.7 Å². The molecule has 3 heteroatoms. The van der Waals surface area contributed by atoms with Gasteiger partial charge in [0.25, 0.3) is 0 Å². The molecule has 0 aliphatic heterocycles. The summed E-state index contributed by atoms with van der Waals surface area (Å²) in [7, 11) is 0. The predicted octanol–water partition coefficient (Wildman–Crippen LogP) is 7.58. The minimum atomic E-state index is -0.353. The normalized spacial score (nSPS) is 10.3. The molecular weight excluding hydrogens is 424 g/mol. The van der Waals surface area contributed by atoms with Gasteiger partial charge in [0.1, 0.15) is 5.75 Å². The lowest BCUT2D eigenvalue weighted by atomic mass is 9.98. The molecular formula is C30H26O2S. The van der Waals surface area contributed by atoms with Crippen LogP contribution in [0, 0.1) is 6.92 Å². The van der Waals surface area contributed by atoms with Gasteiger partial charge in [-0.05, 0) is 47.2 Å². The molecule has 164 valence electrons. The summed E-state index contributed by atoms with van der Waals surface area (Å²) >= 11 is 1.68. The van der Waals surface area contributed by atoms with Crippen molar-refractivity contribution in [2.45, 2.75) is 19.8 Å². The first kappa shape index (κ1) is 22.5. The second kappa shape index (κ2) is 11.3. The first-order valence-corrected chi connectivity index (χ1v) is 11.9. The van der Waals surface area contributed by atoms with E-state index in [2.05, 4.69) is 54.8 Å². The van der Waals surface area contributed by atoms with Crippen LogP contribution in [0.5, 0.6) is 5.75 Å². The highest BCUT2D eigenvalue weighted by molar-refractivity contribution is 7.09. The third-order valence-electron chi connectivity index (χ3n) is 5.44. The largest absolute Gasteiger partial charge is 0.423 e. The molecule has 2 nitrogen and oxygen atoms in total. The van der Waals surface area contributed by atoms with Crippen molar-refractivity contribution in [3.63, 3.8) is 0 Å². The number of carbonyl (C=O) groups excluding carboxylic acids is 1. The van der Waals surface area contributed by atoms with Crippen LogP contribution in [0.4, 0.5) is 0 Å². The monoisotopic (exact) mass is 450 g/mol. The van der Waals surface area contributed by atoms with Crippen LogP contribution < -0.4 is 4.74 Å². The fourth-order valence-electron chi connectivity index (χ4n) is 3.63. The van der Waals surface area contributed by atoms with Crippen LogP contribution in [-0.2, 0) is 12.8 Å². The fourth-order valence-corrected chi connectivity index (χ4v) is 4.52. The minimum absolute atomic E-state index is 0.353. The molecule has 0 amide bonds. The van der Waals surface area contributed by atoms with Crippen LogP contribution in [0.1, 0.15) is 37.5 Å². The van der Waals surface area contributed by atoms with Gasteiger partial charge in [-0.1, -0.05) is 91.0 Å². The van der Waals surface area contributed by atoms with E-state index in [0.717, 1.165) is 16.9 Å². The molecule has 0 aliphatic rings. The van der Waals surface area contributed by atoms with Crippen LogP contribution in [-0.4, -0.2) is 5.97 Å². The van der Waals surface area contributed by atoms with Crippen LogP contribution in [0.2, 0.25) is 0 Å². The number of rotatable bonds is 6. The molecule has 33 heavy (non-hydrogen) atoms. The van der Waals surface area contributed by atoms with E-state index in [1.54, 1.807) is 23.5 Å². The van der Waals surface area contributed by atoms with Gasteiger partial charge in [0.05, 0.1) is 5.56 Å². The van der Waals surface area contributed by atoms with E-state index in [9.17, 15) is 4.79 Å². The Bertz CT molecular complexity index is 1260. The summed E-state index contributed by atoms with van der Waals surface area (Å²) in [6.07, 6.45) is 1.44. The topological polar surface area (TPSA) is 26.3 Å². The number of esters is 1. The molecule has 0 saturated carbocycles. The van der Waals surface area contributed by atoms with Crippen molar-refractivity contribution in [2.75, 3.05) is 0 Å². The Morgan fingerprint density at radius 2 is 1.36 bits per heavy atom. The second-order valence-electron chi connectivity index (χ2n) is 7.79. The number of hydrogen-bond donors (Lipinski definition) is 0. The predicted molar refractivity (Wildman–Crippen MR) is 137 cm³/mol. The van der Waals surface area contributed by atoms with Crippen LogP contribution >= 0.6 is 11.3 Å². The van der Waals surface area contributed by atoms with Gasteiger partial charge < -0.3 is 4.74 Å². The highest BCUT2D eigenvalue weighted by Crippen LogP contribution is 2.29. The van der Waals surface area contributed by atoms with Crippen molar-refractivity contribution < 1.29 is 9.53 Å². The molecule has 0 unspecified atom stereocenters. The summed E-state index contributed by atoms with van der Waals surface area (Å²) in [5.74, 6) is 0.235. The van der Waals surface area contributed by atoms with Gasteiger partial charge in [0.15, 0.2) is 0 Å². The summed E-state index contributed by atoms with van der Waals surface area (Å²) in [5, 5.41) is 2.09. The standard InChI is InChI=1S/C30H26O2S/c1-23-13-10-11-18-26(23)22-27-28(32-30(31)25-16-7-3-8-17-25)19-9-4-12-20-33-29(27)21-24-14-5-2-6-15-24/h2-20H,21-22H2,1H3. The van der Waals surface area contributed by atoms with E-state index >= 15 is 0 Å². The third-order valence-corrected chi connectivity index (χ3v) is 6.41. The Labute approximate surface area is 199 Å². The van der Waals surface area contributed by atoms with Gasteiger partial charge in [-0.3, -0.25) is 0 Å². The zero-order valence-electron chi connectivity index (χ0n) is 18.6. The summed E-state index contributed by atoms with van der Waals surface area (Å²) in [4.78, 5) is 14.2. The van der Waals surface area contributed by atoms with Crippen LogP contribution in [0.15, 0.2) is 115 Å². The number of benzene rings is 3. The lowest BCUT2D eigenvalue weighted by Gasteiger charge is -2.14. The quantitative estimate of drug-likeness (QED) is 0.283. The van der Waals surface area contributed by atoms with E-state index in [1.807, 2.05) is 54.6 Å². The number of ether oxygens (including phenoxy) is 1. The molecule has 4 rings (SSSR count). The van der Waals surface area contributed by atoms with Gasteiger partial charge >= 0.3 is 5.97 Å². The molecule has 0 N–H and O–H groups in total. The number of aryl methyl sites for hydroxylation is 1. The van der Waals surface area contributed by atoms with Crippen molar-refractivity contribution in [3.05, 3.63) is 147 Å². The SMILES string of the molecule is Cc1ccccc1Cc1c(OC(=O)c2ccccc2)cccccsc1Cc1ccccc1. The molecule has 4 aromatic rings. The van der Waals surface area contributed by atoms with E-state index in [-0.39, 0.29) is 5.97 Å². The lowest BCUT2D eigenvalue weighted by Crippen LogP contribution is -2.10. The van der Waals surface area contributed by atoms with Crippen molar-refractivity contribution in [1.82, 2.24) is 0 Å². The maximum absolute atomic E-state index is 13.0. The molecule has 0 spiro atoms. The molecule has 1 aromatic heterocycles. The summed E-state index contributed by atoms with van der Waals surface area (Å²) < 4.78 is 6.03. The van der Waals surface area contributed by atoms with Crippen molar-refractivity contribution in [1.29, 1.82) is 0 Å². The molecule has 3 aromatic carbocycles. The van der Waals surface area contributed by atoms with Crippen LogP contribution in [0.25, 0.3) is 0 Å². The summed E-state index contributed by atoms with van der Waals surface area (Å²) in [6, 6.07) is 35.7. The Hall–Kier alpha value is -3.69. The van der Waals surface area contributed by atoms with Gasteiger partial charge in [0, 0.05) is 23.3 Å². The highest BCUT2D eigenvalue weighted by Gasteiger charge is 2.15. The van der Waals surface area contributed by atoms with Gasteiger partial charge in [-0.25, -0.2) is 4.79 Å². The van der Waals surface area contributed by atoms with E-state index in [4.69, 9.17) is 4.74 Å². The van der Waals surface area contributed by atoms with E-state index < -0.39 is 0 Å². The average Bonchev–Trinajstić information content (AvgIpc) is 2.93. The Morgan fingerprint density at radius 3 is 2.12 bits per heavy atom. The first-order valence-electron chi connectivity index (χ1n) is 11.0. The van der Waals surface area contributed by atoms with E-state index in [1.165, 1.54) is 16.7 Å². The average molecular weight is 451 g/mol. The van der Waals surface area contributed by atoms with Gasteiger partial charge in [0.2, 0.25) is 0 Å². The molecule has 0 aliphatic carbocycles. The third kappa shape index (κ3) is 6.18. The molecule has 0 fully saturated rings. The maximum atomic E-state index is 13.0. The molecule has 1 heterocycles. The summed E-state index contributed by atoms with van der Waals surface area (Å²) in [6.45, 7) is 2.12. The summed E-state index contributed by atoms with van der Waals surface area (Å²) in [5.41, 5.74) is 5.21. The Balaban J connectivity index is 1.85.